The molecule has 13 rings (SSSR count). The second-order valence-electron chi connectivity index (χ2n) is 35.0. The minimum Gasteiger partial charge on any atom is -0.370 e. The fourth-order valence-electron chi connectivity index (χ4n) is 17.5. The van der Waals surface area contributed by atoms with Crippen molar-refractivity contribution in [2.24, 2.45) is 11.8 Å². The number of allylic oxidation sites excluding steroid dienone is 2. The Balaban J connectivity index is 0.000000203. The summed E-state index contributed by atoms with van der Waals surface area (Å²) in [5.74, 6) is -3.99. The number of hydrogen-bond donors (Lipinski definition) is 0. The third-order valence-corrected chi connectivity index (χ3v) is 25.6. The van der Waals surface area contributed by atoms with Crippen LogP contribution in [0.1, 0.15) is 261 Å². The van der Waals surface area contributed by atoms with E-state index >= 15 is 0 Å². The van der Waals surface area contributed by atoms with Gasteiger partial charge >= 0.3 is 61.8 Å². The lowest BCUT2D eigenvalue weighted by Crippen LogP contribution is -2.27. The quantitative estimate of drug-likeness (QED) is 0.0282. The minimum atomic E-state index is -4.96. The first kappa shape index (κ1) is 118. The third-order valence-electron chi connectivity index (χ3n) is 24.8. The maximum atomic E-state index is 13.4. The van der Waals surface area contributed by atoms with Gasteiger partial charge in [0.2, 0.25) is 6.04 Å². The van der Waals surface area contributed by atoms with Crippen LogP contribution in [0.2, 0.25) is 0 Å². The Morgan fingerprint density at radius 3 is 0.828 bits per heavy atom. The summed E-state index contributed by atoms with van der Waals surface area (Å²) in [5.41, 5.74) is -12.3. The van der Waals surface area contributed by atoms with Crippen LogP contribution in [0.15, 0.2) is 187 Å². The summed E-state index contributed by atoms with van der Waals surface area (Å²) in [6, 6.07) is 24.8. The third kappa shape index (κ3) is 32.5. The first-order chi connectivity index (χ1) is 66.8. The van der Waals surface area contributed by atoms with Crippen LogP contribution >= 0.6 is 22.6 Å². The van der Waals surface area contributed by atoms with Crippen molar-refractivity contribution in [2.75, 3.05) is 4.43 Å². The highest BCUT2D eigenvalue weighted by atomic mass is 127. The number of alkyl halides is 31. The van der Waals surface area contributed by atoms with Crippen LogP contribution in [0.25, 0.3) is 4.85 Å². The number of benzene rings is 8. The largest absolute Gasteiger partial charge is 0.416 e. The molecule has 8 aromatic rings. The molecule has 8 aromatic carbocycles. The van der Waals surface area contributed by atoms with Crippen molar-refractivity contribution < 1.29 is 183 Å². The molecule has 3 saturated carbocycles. The average molecular weight is 2210 g/mol. The number of hydrogen-bond acceptors (Lipinski definition) is 9. The van der Waals surface area contributed by atoms with E-state index in [0.29, 0.717) is 153 Å². The zero-order chi connectivity index (χ0) is 108. The van der Waals surface area contributed by atoms with Crippen LogP contribution in [0, 0.1) is 47.2 Å². The average Bonchev–Trinajstić information content (AvgIpc) is 1.78. The summed E-state index contributed by atoms with van der Waals surface area (Å²) in [6.07, 6.45) is -49.9. The van der Waals surface area contributed by atoms with Gasteiger partial charge < -0.3 is 28.5 Å². The topological polar surface area (TPSA) is 126 Å². The molecular weight excluding hydrogens is 2120 g/mol. The van der Waals surface area contributed by atoms with E-state index in [1.807, 2.05) is 28.7 Å². The van der Waals surface area contributed by atoms with E-state index < -0.39 is 232 Å². The maximum absolute atomic E-state index is 13.4. The molecule has 0 aliphatic heterocycles. The molecule has 5 aliphatic carbocycles. The highest BCUT2D eigenvalue weighted by Crippen LogP contribution is 2.52. The normalized spacial score (nSPS) is 21.7. The van der Waals surface area contributed by atoms with Gasteiger partial charge in [0.1, 0.15) is 29.0 Å². The molecule has 788 valence electrons. The number of carbonyl (C=O) groups excluding carboxylic acids is 3. The monoisotopic (exact) mass is 2210 g/mol. The van der Waals surface area contributed by atoms with Crippen LogP contribution in [-0.4, -0.2) is 58.3 Å². The van der Waals surface area contributed by atoms with Gasteiger partial charge in [0.05, 0.1) is 133 Å². The van der Waals surface area contributed by atoms with E-state index in [1.165, 1.54) is 127 Å². The lowest BCUT2D eigenvalue weighted by Gasteiger charge is -2.28. The fourth-order valence-corrected chi connectivity index (χ4v) is 18.1. The van der Waals surface area contributed by atoms with E-state index in [1.54, 1.807) is 6.08 Å². The molecule has 0 aromatic heterocycles. The Labute approximate surface area is 822 Å². The predicted molar refractivity (Wildman–Crippen MR) is 467 cm³/mol. The second-order valence-corrected chi connectivity index (χ2v) is 35.8. The Morgan fingerprint density at radius 1 is 0.345 bits per heavy atom. The van der Waals surface area contributed by atoms with Crippen molar-refractivity contribution in [2.45, 2.75) is 259 Å². The molecule has 0 amide bonds. The summed E-state index contributed by atoms with van der Waals surface area (Å²) in [6.45, 7) is 17.1. The Hall–Kier alpha value is -10.6. The number of nitrogens with zero attached hydrogens (tertiary/aromatic N) is 2. The molecule has 16 atom stereocenters. The molecule has 0 heterocycles. The van der Waals surface area contributed by atoms with Gasteiger partial charge in [0.15, 0.2) is 5.78 Å². The minimum absolute atomic E-state index is 0.0397. The molecule has 5 aliphatic rings. The van der Waals surface area contributed by atoms with Gasteiger partial charge in [-0.05, 0) is 296 Å². The van der Waals surface area contributed by atoms with Crippen molar-refractivity contribution in [3.8, 4) is 6.07 Å². The molecule has 0 unspecified atom stereocenters. The Morgan fingerprint density at radius 2 is 0.586 bits per heavy atom. The van der Waals surface area contributed by atoms with Crippen molar-refractivity contribution >= 4 is 39.9 Å². The van der Waals surface area contributed by atoms with Crippen molar-refractivity contribution in [3.63, 3.8) is 0 Å². The fraction of sp³-hybridized carbons (Fsp3) is 0.436. The zero-order valence-electron chi connectivity index (χ0n) is 76.8. The van der Waals surface area contributed by atoms with E-state index in [0.717, 1.165) is 0 Å². The van der Waals surface area contributed by atoms with E-state index in [2.05, 4.69) is 4.85 Å². The summed E-state index contributed by atoms with van der Waals surface area (Å²) in [7, 11) is 0. The molecular formula is C101H88F33IN2O8. The van der Waals surface area contributed by atoms with Crippen LogP contribution in [0.3, 0.4) is 0 Å². The number of ketones is 3. The zero-order valence-corrected chi connectivity index (χ0v) is 78.9. The van der Waals surface area contributed by atoms with E-state index in [9.17, 15) is 159 Å². The number of nitriles is 1. The SMILES string of the molecule is CC(=O)C1=C[C@@H](O[C@H](C)c2cc(C(F)(F)F)cc(C(F)(F)F)c2)CC1.CC(=O)[C@@H]1CC[C@H](O[C@H](C)c2cc(C(F)(F)F)cc(C(F)(F)F)c2)[C@H]1c1ccc(F)cc1.C[C@@H](O[C@@H]1C=C(C#N)CC1)c1cc(C(F)(F)F)cc(C(F)(F)F)c1.C[C@@H](O[C@H]1CC[C@@H](C(=O)CI)[C@@H]1c1ccc(F)cc1)c1cc(C(F)(F)F)cc(C(F)(F)F)c1.[C-]#[N+][C@@H]1CC[C@H](O[C@H](C)c2cc(C(F)(F)F)cc(C(F)(F)F)c2)[C@H]1c1ccc(F)cc1. The van der Waals surface area contributed by atoms with E-state index in [-0.39, 0.29) is 79.9 Å². The summed E-state index contributed by atoms with van der Waals surface area (Å²) < 4.78 is 461. The number of halogens is 34. The number of Topliss-reactive ketones (excluding diaryl/α,β-unsaturated/α-hetero) is 3. The van der Waals surface area contributed by atoms with Crippen molar-refractivity contribution in [3.05, 3.63) is 316 Å². The highest BCUT2D eigenvalue weighted by Gasteiger charge is 2.50. The maximum Gasteiger partial charge on any atom is 0.416 e. The lowest BCUT2D eigenvalue weighted by molar-refractivity contribution is -0.145. The van der Waals surface area contributed by atoms with Crippen LogP contribution in [-0.2, 0) is 99.8 Å². The van der Waals surface area contributed by atoms with Crippen LogP contribution in [0.4, 0.5) is 145 Å². The number of carbonyl (C=O) groups is 3. The lowest BCUT2D eigenvalue weighted by atomic mass is 9.85. The van der Waals surface area contributed by atoms with Gasteiger partial charge in [-0.15, -0.1) is 0 Å². The van der Waals surface area contributed by atoms with E-state index in [4.69, 9.17) is 35.5 Å². The van der Waals surface area contributed by atoms with Crippen molar-refractivity contribution in [1.29, 1.82) is 5.26 Å². The van der Waals surface area contributed by atoms with Gasteiger partial charge in [-0.2, -0.15) is 137 Å². The molecule has 10 nitrogen and oxygen atoms in total. The molecule has 0 bridgehead atoms. The first-order valence-corrected chi connectivity index (χ1v) is 45.7. The molecule has 3 fully saturated rings. The van der Waals surface area contributed by atoms with Crippen LogP contribution < -0.4 is 0 Å². The molecule has 0 spiro atoms. The molecule has 0 N–H and O–H groups in total. The second kappa shape index (κ2) is 47.3. The smallest absolute Gasteiger partial charge is 0.370 e. The van der Waals surface area contributed by atoms with Crippen molar-refractivity contribution in [1.82, 2.24) is 0 Å². The van der Waals surface area contributed by atoms with Gasteiger partial charge in [-0.1, -0.05) is 59.0 Å². The molecule has 0 radical (unpaired) electrons. The predicted octanol–water partition coefficient (Wildman–Crippen LogP) is 32.7. The number of ether oxygens (including phenoxy) is 5. The summed E-state index contributed by atoms with van der Waals surface area (Å²) in [4.78, 5) is 39.5. The Kier molecular flexibility index (Phi) is 38.5. The standard InChI is InChI=1S/C23H20F7IO2.C23H21F7O2.C22H18F7NO.C17H16F6O2.C16H13F6NO/c1-12(14-8-15(22(25,26)27)10-16(9-14)23(28,29)30)33-20-7-6-18(19(32)11-31)21(20)13-2-4-17(24)5-3-13;1-12(31)19-7-8-20(21(19)14-3-5-18(24)6-4-14)32-13(2)15-9-16(22(25,26)27)11-17(10-15)23(28,29)30;1-12(14-9-15(21(24,25)26)11-16(10-14)22(27,28)29)31-19-8-7-18(30-2)20(19)13-3-5-17(23)6-4-13;1-9(24)11-3-4-15(7-11)25-10(2)12-5-13(16(18,19)20)8-14(6-12)17(21,22)23;1-9(24-14-3-2-10(4-14)8-23)11-5-12(15(17,18)19)7-13(6-11)16(20,21)22/h2-5,8-10,12,18,20-21H,6-7,11H2,1H3;3-6,9-11,13,19-21H,7-8H2,1-2H3;3-6,9-12,18-20H,7-8H2,1H3;5-8,10,15H,3-4H2,1-2H3;4-7,9,14H,2-3H2,1H3/t12-,18+,20+,21+;13-,19+,20+,21+;12-,18-,19+,20+;10-,15+;9-,14+/m11111/s1. The molecule has 145 heavy (non-hydrogen) atoms. The molecule has 44 heteroatoms. The van der Waals surface area contributed by atoms with Gasteiger partial charge in [0.25, 0.3) is 0 Å². The van der Waals surface area contributed by atoms with Gasteiger partial charge in [-0.3, -0.25) is 14.4 Å². The highest BCUT2D eigenvalue weighted by molar-refractivity contribution is 14.1. The van der Waals surface area contributed by atoms with Gasteiger partial charge in [0, 0.05) is 35.7 Å². The summed E-state index contributed by atoms with van der Waals surface area (Å²) >= 11 is 1.94. The van der Waals surface area contributed by atoms with Gasteiger partial charge in [-0.25, -0.2) is 19.7 Å². The Bertz CT molecular complexity index is 5780. The van der Waals surface area contributed by atoms with Crippen LogP contribution in [0.5, 0.6) is 0 Å². The summed E-state index contributed by atoms with van der Waals surface area (Å²) in [5, 5.41) is 8.76. The number of rotatable bonds is 22. The molecule has 0 saturated heterocycles. The first-order valence-electron chi connectivity index (χ1n) is 44.1.